The molecule has 4 rings (SSSR count). The van der Waals surface area contributed by atoms with E-state index >= 15 is 0 Å². The smallest absolute Gasteiger partial charge is 0.291 e. The van der Waals surface area contributed by atoms with Gasteiger partial charge in [-0.15, -0.1) is 5.10 Å². The van der Waals surface area contributed by atoms with E-state index in [4.69, 9.17) is 16.3 Å². The Bertz CT molecular complexity index is 1180. The van der Waals surface area contributed by atoms with Gasteiger partial charge in [-0.1, -0.05) is 47.2 Å². The van der Waals surface area contributed by atoms with E-state index in [-0.39, 0.29) is 5.56 Å². The largest absolute Gasteiger partial charge is 0.494 e. The third-order valence-electron chi connectivity index (χ3n) is 3.79. The van der Waals surface area contributed by atoms with Crippen LogP contribution >= 0.6 is 22.9 Å². The molecule has 0 unspecified atom stereocenters. The highest BCUT2D eigenvalue weighted by atomic mass is 35.5. The summed E-state index contributed by atoms with van der Waals surface area (Å²) in [7, 11) is 0. The molecule has 0 atom stereocenters. The molecule has 0 aliphatic carbocycles. The lowest BCUT2D eigenvalue weighted by molar-refractivity contribution is 0.340. The van der Waals surface area contributed by atoms with E-state index in [0.717, 1.165) is 11.3 Å². The Labute approximate surface area is 158 Å². The predicted octanol–water partition coefficient (Wildman–Crippen LogP) is 3.42. The molecule has 0 aliphatic heterocycles. The number of ether oxygens (including phenoxy) is 1. The maximum Gasteiger partial charge on any atom is 0.291 e. The number of nitrogens with zero attached hydrogens (tertiary/aromatic N) is 3. The zero-order chi connectivity index (χ0) is 18.1. The number of rotatable bonds is 4. The maximum absolute atomic E-state index is 12.6. The van der Waals surface area contributed by atoms with Gasteiger partial charge in [0.2, 0.25) is 4.96 Å². The minimum absolute atomic E-state index is 0.190. The summed E-state index contributed by atoms with van der Waals surface area (Å²) in [6.45, 7) is 2.56. The van der Waals surface area contributed by atoms with Crippen molar-refractivity contribution in [2.24, 2.45) is 0 Å². The van der Waals surface area contributed by atoms with Crippen LogP contribution in [0.25, 0.3) is 22.4 Å². The van der Waals surface area contributed by atoms with Crippen molar-refractivity contribution < 1.29 is 4.74 Å². The van der Waals surface area contributed by atoms with Gasteiger partial charge in [0, 0.05) is 5.56 Å². The van der Waals surface area contributed by atoms with Crippen LogP contribution in [0.5, 0.6) is 5.75 Å². The third-order valence-corrected chi connectivity index (χ3v) is 5.07. The Kier molecular flexibility index (Phi) is 4.44. The molecule has 0 amide bonds. The first-order valence-corrected chi connectivity index (χ1v) is 9.24. The first-order valence-electron chi connectivity index (χ1n) is 8.05. The van der Waals surface area contributed by atoms with Gasteiger partial charge in [-0.25, -0.2) is 0 Å². The number of thiazole rings is 1. The van der Waals surface area contributed by atoms with Crippen LogP contribution in [0.1, 0.15) is 12.5 Å². The molecule has 0 saturated heterocycles. The van der Waals surface area contributed by atoms with Crippen LogP contribution in [-0.4, -0.2) is 21.2 Å². The van der Waals surface area contributed by atoms with Crippen molar-refractivity contribution >= 4 is 34.0 Å². The third kappa shape index (κ3) is 3.09. The summed E-state index contributed by atoms with van der Waals surface area (Å²) >= 11 is 7.49. The summed E-state index contributed by atoms with van der Waals surface area (Å²) in [6.07, 6.45) is 1.83. The van der Waals surface area contributed by atoms with Gasteiger partial charge in [0.1, 0.15) is 5.75 Å². The van der Waals surface area contributed by atoms with Gasteiger partial charge >= 0.3 is 0 Å². The summed E-state index contributed by atoms with van der Waals surface area (Å²) < 4.78 is 7.33. The summed E-state index contributed by atoms with van der Waals surface area (Å²) in [4.78, 5) is 17.6. The highest BCUT2D eigenvalue weighted by molar-refractivity contribution is 7.15. The highest BCUT2D eigenvalue weighted by Gasteiger charge is 2.13. The zero-order valence-corrected chi connectivity index (χ0v) is 15.4. The molecule has 7 heteroatoms. The van der Waals surface area contributed by atoms with Gasteiger partial charge < -0.3 is 4.74 Å². The molecule has 2 aromatic carbocycles. The Hall–Kier alpha value is -2.70. The molecule has 2 aromatic heterocycles. The van der Waals surface area contributed by atoms with Crippen LogP contribution in [0, 0.1) is 0 Å². The lowest BCUT2D eigenvalue weighted by atomic mass is 10.2. The molecular weight excluding hydrogens is 370 g/mol. The molecule has 0 aliphatic rings. The van der Waals surface area contributed by atoms with Crippen LogP contribution in [0.2, 0.25) is 5.02 Å². The van der Waals surface area contributed by atoms with Crippen LogP contribution in [0.15, 0.2) is 53.3 Å². The number of halogens is 1. The monoisotopic (exact) mass is 383 g/mol. The SMILES string of the molecule is CCOc1ccc(/C=c2/sc3nc(-c4ccccc4Cl)nn3c2=O)cc1. The quantitative estimate of drug-likeness (QED) is 0.542. The molecular formula is C19H14ClN3O2S. The van der Waals surface area contributed by atoms with Gasteiger partial charge in [-0.2, -0.15) is 9.50 Å². The van der Waals surface area contributed by atoms with Crippen molar-refractivity contribution in [3.8, 4) is 17.1 Å². The van der Waals surface area contributed by atoms with Crippen LogP contribution in [-0.2, 0) is 0 Å². The average Bonchev–Trinajstić information content (AvgIpc) is 3.17. The Morgan fingerprint density at radius 1 is 1.19 bits per heavy atom. The van der Waals surface area contributed by atoms with Crippen molar-refractivity contribution in [3.05, 3.63) is 74.0 Å². The first-order chi connectivity index (χ1) is 12.7. The van der Waals surface area contributed by atoms with Gasteiger partial charge in [-0.3, -0.25) is 4.79 Å². The fourth-order valence-electron chi connectivity index (χ4n) is 2.57. The summed E-state index contributed by atoms with van der Waals surface area (Å²) in [5.41, 5.74) is 1.44. The summed E-state index contributed by atoms with van der Waals surface area (Å²) in [5.74, 6) is 1.26. The molecule has 2 heterocycles. The Morgan fingerprint density at radius 3 is 2.65 bits per heavy atom. The van der Waals surface area contributed by atoms with Gasteiger partial charge in [0.15, 0.2) is 5.82 Å². The van der Waals surface area contributed by atoms with Crippen molar-refractivity contribution in [2.75, 3.05) is 6.61 Å². The van der Waals surface area contributed by atoms with E-state index in [1.807, 2.05) is 55.5 Å². The second kappa shape index (κ2) is 6.90. The summed E-state index contributed by atoms with van der Waals surface area (Å²) in [6, 6.07) is 14.9. The predicted molar refractivity (Wildman–Crippen MR) is 104 cm³/mol. The molecule has 0 radical (unpaired) electrons. The van der Waals surface area contributed by atoms with E-state index in [0.29, 0.717) is 32.5 Å². The van der Waals surface area contributed by atoms with E-state index in [9.17, 15) is 4.79 Å². The van der Waals surface area contributed by atoms with Crippen LogP contribution in [0.3, 0.4) is 0 Å². The van der Waals surface area contributed by atoms with Gasteiger partial charge in [-0.05, 0) is 42.8 Å². The molecule has 26 heavy (non-hydrogen) atoms. The van der Waals surface area contributed by atoms with Crippen LogP contribution in [0.4, 0.5) is 0 Å². The normalized spacial score (nSPS) is 12.0. The van der Waals surface area contributed by atoms with Crippen molar-refractivity contribution in [1.82, 2.24) is 14.6 Å². The maximum atomic E-state index is 12.6. The molecule has 0 saturated carbocycles. The standard InChI is InChI=1S/C19H14ClN3O2S/c1-2-25-13-9-7-12(8-10-13)11-16-18(24)23-19(26-16)21-17(22-23)14-5-3-4-6-15(14)20/h3-11H,2H2,1H3/b16-11+. The minimum atomic E-state index is -0.190. The lowest BCUT2D eigenvalue weighted by Crippen LogP contribution is -2.23. The zero-order valence-electron chi connectivity index (χ0n) is 13.8. The lowest BCUT2D eigenvalue weighted by Gasteiger charge is -2.01. The first kappa shape index (κ1) is 16.8. The molecule has 130 valence electrons. The molecule has 0 spiro atoms. The Balaban J connectivity index is 1.74. The second-order valence-corrected chi connectivity index (χ2v) is 6.94. The number of benzene rings is 2. The Morgan fingerprint density at radius 2 is 1.96 bits per heavy atom. The average molecular weight is 384 g/mol. The number of fused-ring (bicyclic) bond motifs is 1. The topological polar surface area (TPSA) is 56.5 Å². The fourth-order valence-corrected chi connectivity index (χ4v) is 3.70. The molecule has 0 fully saturated rings. The van der Waals surface area contributed by atoms with E-state index in [1.54, 1.807) is 6.07 Å². The van der Waals surface area contributed by atoms with E-state index < -0.39 is 0 Å². The van der Waals surface area contributed by atoms with Crippen molar-refractivity contribution in [3.63, 3.8) is 0 Å². The molecule has 0 N–H and O–H groups in total. The number of hydrogen-bond acceptors (Lipinski definition) is 5. The number of hydrogen-bond donors (Lipinski definition) is 0. The minimum Gasteiger partial charge on any atom is -0.494 e. The molecule has 0 bridgehead atoms. The van der Waals surface area contributed by atoms with Crippen LogP contribution < -0.4 is 14.8 Å². The van der Waals surface area contributed by atoms with E-state index in [2.05, 4.69) is 10.1 Å². The highest BCUT2D eigenvalue weighted by Crippen LogP contribution is 2.25. The molecule has 4 aromatic rings. The van der Waals surface area contributed by atoms with E-state index in [1.165, 1.54) is 15.9 Å². The van der Waals surface area contributed by atoms with Crippen molar-refractivity contribution in [2.45, 2.75) is 6.92 Å². The van der Waals surface area contributed by atoms with Gasteiger partial charge in [0.25, 0.3) is 5.56 Å². The molecule has 5 nitrogen and oxygen atoms in total. The number of aromatic nitrogens is 3. The van der Waals surface area contributed by atoms with Gasteiger partial charge in [0.05, 0.1) is 16.2 Å². The second-order valence-electron chi connectivity index (χ2n) is 5.53. The summed E-state index contributed by atoms with van der Waals surface area (Å²) in [5, 5.41) is 4.88. The fraction of sp³-hybridized carbons (Fsp3) is 0.105. The van der Waals surface area contributed by atoms with Crippen molar-refractivity contribution in [1.29, 1.82) is 0 Å².